The Hall–Kier alpha value is -3.14. The van der Waals surface area contributed by atoms with Crippen molar-refractivity contribution < 1.29 is 32.7 Å². The van der Waals surface area contributed by atoms with Crippen molar-refractivity contribution in [2.75, 3.05) is 5.01 Å². The van der Waals surface area contributed by atoms with Crippen LogP contribution >= 0.6 is 11.3 Å². The van der Waals surface area contributed by atoms with E-state index in [2.05, 4.69) is 5.43 Å². The van der Waals surface area contributed by atoms with Crippen LogP contribution in [0.25, 0.3) is 6.08 Å². The monoisotopic (exact) mass is 382 g/mol. The number of carboxylic acids is 1. The first-order chi connectivity index (χ1) is 12.2. The fraction of sp³-hybridized carbons (Fsp3) is 0.0625. The minimum absolute atomic E-state index is 0.0828. The number of carboxylic acid groups (broad SMARTS) is 1. The molecule has 0 bridgehead atoms. The first-order valence-electron chi connectivity index (χ1n) is 7.03. The van der Waals surface area contributed by atoms with Gasteiger partial charge in [0.1, 0.15) is 5.57 Å². The lowest BCUT2D eigenvalue weighted by molar-refractivity contribution is -0.137. The van der Waals surface area contributed by atoms with Crippen molar-refractivity contribution in [3.8, 4) is 0 Å². The van der Waals surface area contributed by atoms with Crippen molar-refractivity contribution in [3.63, 3.8) is 0 Å². The normalized spacial score (nSPS) is 16.3. The van der Waals surface area contributed by atoms with Crippen molar-refractivity contribution in [1.29, 1.82) is 0 Å². The van der Waals surface area contributed by atoms with Crippen molar-refractivity contribution in [3.05, 3.63) is 57.3 Å². The second-order valence-corrected chi connectivity index (χ2v) is 6.14. The highest BCUT2D eigenvalue weighted by Crippen LogP contribution is 2.32. The maximum atomic E-state index is 12.8. The highest BCUT2D eigenvalue weighted by Gasteiger charge is 2.37. The second kappa shape index (κ2) is 6.30. The van der Waals surface area contributed by atoms with Crippen LogP contribution in [0.3, 0.4) is 0 Å². The zero-order valence-corrected chi connectivity index (χ0v) is 13.5. The number of aromatic carboxylic acids is 1. The molecular formula is C16H9F3N2O4S. The number of anilines is 1. The van der Waals surface area contributed by atoms with E-state index in [0.29, 0.717) is 5.01 Å². The van der Waals surface area contributed by atoms with Gasteiger partial charge in [-0.1, -0.05) is 6.07 Å². The number of benzene rings is 1. The Morgan fingerprint density at radius 1 is 1.23 bits per heavy atom. The van der Waals surface area contributed by atoms with Crippen molar-refractivity contribution in [1.82, 2.24) is 5.43 Å². The van der Waals surface area contributed by atoms with E-state index < -0.39 is 29.5 Å². The molecule has 1 aliphatic rings. The number of halogens is 3. The molecule has 0 saturated carbocycles. The molecule has 134 valence electrons. The van der Waals surface area contributed by atoms with Gasteiger partial charge in [-0.3, -0.25) is 15.0 Å². The molecule has 0 spiro atoms. The van der Waals surface area contributed by atoms with E-state index in [1.165, 1.54) is 17.5 Å². The van der Waals surface area contributed by atoms with Crippen LogP contribution in [-0.2, 0) is 15.8 Å². The number of nitrogens with zero attached hydrogens (tertiary/aromatic N) is 1. The molecule has 3 rings (SSSR count). The number of carbonyl (C=O) groups is 3. The predicted octanol–water partition coefficient (Wildman–Crippen LogP) is 2.93. The Bertz CT molecular complexity index is 949. The number of alkyl halides is 3. The first-order valence-corrected chi connectivity index (χ1v) is 7.91. The van der Waals surface area contributed by atoms with E-state index in [4.69, 9.17) is 5.11 Å². The quantitative estimate of drug-likeness (QED) is 0.631. The van der Waals surface area contributed by atoms with Crippen LogP contribution < -0.4 is 10.4 Å². The molecule has 6 nitrogen and oxygen atoms in total. The first kappa shape index (κ1) is 17.7. The Morgan fingerprint density at radius 2 is 1.96 bits per heavy atom. The van der Waals surface area contributed by atoms with Crippen LogP contribution in [-0.4, -0.2) is 22.9 Å². The Labute approximate surface area is 148 Å². The summed E-state index contributed by atoms with van der Waals surface area (Å²) in [6, 6.07) is 5.24. The average Bonchev–Trinajstić information content (AvgIpc) is 3.14. The molecule has 2 heterocycles. The standard InChI is InChI=1S/C16H9F3N2O4S/c17-16(18,19)8-2-1-3-9(6-8)21-14(23)11(13(22)20-21)7-12-10(15(24)25)4-5-26-12/h1-7H,(H,20,22)(H,24,25)/b11-7+. The lowest BCUT2D eigenvalue weighted by Gasteiger charge is -2.16. The van der Waals surface area contributed by atoms with Gasteiger partial charge in [0, 0.05) is 4.88 Å². The lowest BCUT2D eigenvalue weighted by atomic mass is 10.1. The Kier molecular flexibility index (Phi) is 4.28. The van der Waals surface area contributed by atoms with Crippen LogP contribution in [0.2, 0.25) is 0 Å². The summed E-state index contributed by atoms with van der Waals surface area (Å²) < 4.78 is 38.5. The molecule has 1 fully saturated rings. The predicted molar refractivity (Wildman–Crippen MR) is 86.3 cm³/mol. The maximum Gasteiger partial charge on any atom is 0.416 e. The third-order valence-corrected chi connectivity index (χ3v) is 4.39. The molecule has 1 aliphatic heterocycles. The van der Waals surface area contributed by atoms with Gasteiger partial charge in [0.25, 0.3) is 11.8 Å². The Morgan fingerprint density at radius 3 is 2.62 bits per heavy atom. The SMILES string of the molecule is O=C1NN(c2cccc(C(F)(F)F)c2)C(=O)/C1=C/c1sccc1C(=O)O. The molecule has 0 radical (unpaired) electrons. The van der Waals surface area contributed by atoms with E-state index in [-0.39, 0.29) is 21.7 Å². The number of hydrogen-bond acceptors (Lipinski definition) is 4. The summed E-state index contributed by atoms with van der Waals surface area (Å²) in [5.74, 6) is -2.94. The number of nitrogens with one attached hydrogen (secondary N) is 1. The van der Waals surface area contributed by atoms with Crippen LogP contribution in [0.1, 0.15) is 20.8 Å². The van der Waals surface area contributed by atoms with Crippen molar-refractivity contribution in [2.45, 2.75) is 6.18 Å². The van der Waals surface area contributed by atoms with Gasteiger partial charge in [0.05, 0.1) is 16.8 Å². The van der Waals surface area contributed by atoms with Gasteiger partial charge < -0.3 is 5.11 Å². The van der Waals surface area contributed by atoms with E-state index >= 15 is 0 Å². The van der Waals surface area contributed by atoms with Crippen LogP contribution in [0, 0.1) is 0 Å². The molecule has 26 heavy (non-hydrogen) atoms. The van der Waals surface area contributed by atoms with Crippen LogP contribution in [0.5, 0.6) is 0 Å². The van der Waals surface area contributed by atoms with Crippen molar-refractivity contribution >= 4 is 40.9 Å². The molecule has 1 saturated heterocycles. The van der Waals surface area contributed by atoms with Gasteiger partial charge in [-0.15, -0.1) is 11.3 Å². The molecule has 1 aromatic heterocycles. The van der Waals surface area contributed by atoms with Gasteiger partial charge in [0.2, 0.25) is 0 Å². The number of hydrogen-bond donors (Lipinski definition) is 2. The number of carbonyl (C=O) groups excluding carboxylic acids is 2. The van der Waals surface area contributed by atoms with Gasteiger partial charge in [0.15, 0.2) is 0 Å². The number of amides is 2. The van der Waals surface area contributed by atoms with Gasteiger partial charge >= 0.3 is 12.1 Å². The van der Waals surface area contributed by atoms with Gasteiger partial charge in [-0.05, 0) is 35.7 Å². The third kappa shape index (κ3) is 3.18. The largest absolute Gasteiger partial charge is 0.478 e. The fourth-order valence-corrected chi connectivity index (χ4v) is 3.12. The van der Waals surface area contributed by atoms with Crippen LogP contribution in [0.15, 0.2) is 41.3 Å². The highest BCUT2D eigenvalue weighted by molar-refractivity contribution is 7.11. The summed E-state index contributed by atoms with van der Waals surface area (Å²) >= 11 is 1.01. The van der Waals surface area contributed by atoms with E-state index in [9.17, 15) is 27.6 Å². The van der Waals surface area contributed by atoms with Crippen LogP contribution in [0.4, 0.5) is 18.9 Å². The zero-order chi connectivity index (χ0) is 19.1. The summed E-state index contributed by atoms with van der Waals surface area (Å²) in [6.07, 6.45) is -3.49. The summed E-state index contributed by atoms with van der Waals surface area (Å²) in [6.45, 7) is 0. The topological polar surface area (TPSA) is 86.7 Å². The molecule has 2 amide bonds. The minimum Gasteiger partial charge on any atom is -0.478 e. The van der Waals surface area contributed by atoms with E-state index in [1.807, 2.05) is 0 Å². The summed E-state index contributed by atoms with van der Waals surface area (Å²) in [7, 11) is 0. The molecule has 2 aromatic rings. The van der Waals surface area contributed by atoms with Gasteiger partial charge in [-0.2, -0.15) is 13.2 Å². The number of thiophene rings is 1. The number of rotatable bonds is 3. The van der Waals surface area contributed by atoms with E-state index in [1.54, 1.807) is 0 Å². The summed E-state index contributed by atoms with van der Waals surface area (Å²) in [5.41, 5.74) is 0.593. The minimum atomic E-state index is -4.60. The average molecular weight is 382 g/mol. The third-order valence-electron chi connectivity index (χ3n) is 3.52. The zero-order valence-electron chi connectivity index (χ0n) is 12.7. The fourth-order valence-electron chi connectivity index (χ4n) is 2.30. The Balaban J connectivity index is 1.96. The molecule has 2 N–H and O–H groups in total. The maximum absolute atomic E-state index is 12.8. The van der Waals surface area contributed by atoms with Crippen molar-refractivity contribution in [2.24, 2.45) is 0 Å². The highest BCUT2D eigenvalue weighted by atomic mass is 32.1. The second-order valence-electron chi connectivity index (χ2n) is 5.19. The molecule has 0 atom stereocenters. The molecular weight excluding hydrogens is 373 g/mol. The van der Waals surface area contributed by atoms with Gasteiger partial charge in [-0.25, -0.2) is 9.80 Å². The lowest BCUT2D eigenvalue weighted by Crippen LogP contribution is -2.35. The molecule has 0 aliphatic carbocycles. The molecule has 10 heteroatoms. The molecule has 1 aromatic carbocycles. The number of hydrazine groups is 1. The smallest absolute Gasteiger partial charge is 0.416 e. The molecule has 0 unspecified atom stereocenters. The van der Waals surface area contributed by atoms with E-state index in [0.717, 1.165) is 35.6 Å². The summed E-state index contributed by atoms with van der Waals surface area (Å²) in [4.78, 5) is 35.8. The summed E-state index contributed by atoms with van der Waals surface area (Å²) in [5, 5.41) is 11.2.